The topological polar surface area (TPSA) is 108 Å². The molecule has 0 atom stereocenters. The lowest BCUT2D eigenvalue weighted by molar-refractivity contribution is 0.0992. The summed E-state index contributed by atoms with van der Waals surface area (Å²) >= 11 is 1.46. The van der Waals surface area contributed by atoms with Crippen LogP contribution in [0.2, 0.25) is 0 Å². The molecule has 10 heteroatoms. The fourth-order valence-corrected chi connectivity index (χ4v) is 4.64. The van der Waals surface area contributed by atoms with Crippen molar-refractivity contribution in [2.75, 3.05) is 25.0 Å². The number of hydrogen-bond donors (Lipinski definition) is 1. The Morgan fingerprint density at radius 3 is 2.67 bits per heavy atom. The molecule has 1 aromatic heterocycles. The van der Waals surface area contributed by atoms with Crippen molar-refractivity contribution in [3.8, 4) is 0 Å². The number of nitrogens with two attached hydrogens (primary N) is 1. The summed E-state index contributed by atoms with van der Waals surface area (Å²) in [7, 11) is -2.13. The molecule has 0 saturated heterocycles. The second-order valence-electron chi connectivity index (χ2n) is 6.26. The summed E-state index contributed by atoms with van der Waals surface area (Å²) in [6.45, 7) is 3.32. The average molecular weight is 403 g/mol. The summed E-state index contributed by atoms with van der Waals surface area (Å²) < 4.78 is 22.8. The Labute approximate surface area is 160 Å². The molecule has 2 aromatic rings. The normalized spacial score (nSPS) is 15.4. The van der Waals surface area contributed by atoms with Gasteiger partial charge in [-0.25, -0.2) is 18.5 Å². The molecule has 1 amide bonds. The van der Waals surface area contributed by atoms with E-state index in [-0.39, 0.29) is 10.8 Å². The minimum atomic E-state index is -3.78. The quantitative estimate of drug-likeness (QED) is 0.841. The molecule has 2 N–H and O–H groups in total. The molecule has 8 nitrogen and oxygen atoms in total. The number of anilines is 1. The third-order valence-electron chi connectivity index (χ3n) is 4.55. The molecule has 0 fully saturated rings. The maximum atomic E-state index is 13.2. The molecule has 0 spiro atoms. The molecule has 140 valence electrons. The van der Waals surface area contributed by atoms with Crippen molar-refractivity contribution < 1.29 is 13.2 Å². The lowest BCUT2D eigenvalue weighted by Gasteiger charge is -2.22. The van der Waals surface area contributed by atoms with Crippen molar-refractivity contribution in [2.45, 2.75) is 11.8 Å². The van der Waals surface area contributed by atoms with Gasteiger partial charge in [0.05, 0.1) is 28.9 Å². The Hall–Kier alpha value is -2.56. The number of thiophene rings is 1. The SMILES string of the molecule is Cc1sc2c(c1C(=O)N(C)c1ccc(S(N)(=O)=O)cc1)C1=NCCN1C=N2. The van der Waals surface area contributed by atoms with Crippen LogP contribution in [0.1, 0.15) is 20.8 Å². The van der Waals surface area contributed by atoms with Crippen molar-refractivity contribution in [2.24, 2.45) is 15.1 Å². The highest BCUT2D eigenvalue weighted by Gasteiger charge is 2.33. The maximum Gasteiger partial charge on any atom is 0.259 e. The molecule has 0 saturated carbocycles. The number of rotatable bonds is 3. The molecule has 0 aliphatic carbocycles. The first-order valence-electron chi connectivity index (χ1n) is 8.17. The van der Waals surface area contributed by atoms with Crippen molar-refractivity contribution in [3.63, 3.8) is 0 Å². The summed E-state index contributed by atoms with van der Waals surface area (Å²) in [4.78, 5) is 26.5. The van der Waals surface area contributed by atoms with Gasteiger partial charge in [-0.2, -0.15) is 0 Å². The zero-order valence-corrected chi connectivity index (χ0v) is 16.3. The highest BCUT2D eigenvalue weighted by atomic mass is 32.2. The van der Waals surface area contributed by atoms with Crippen molar-refractivity contribution >= 4 is 50.1 Å². The van der Waals surface area contributed by atoms with Crippen LogP contribution in [0.4, 0.5) is 10.7 Å². The van der Waals surface area contributed by atoms with Crippen molar-refractivity contribution in [3.05, 3.63) is 40.3 Å². The molecule has 0 bridgehead atoms. The molecular weight excluding hydrogens is 386 g/mol. The van der Waals surface area contributed by atoms with Crippen LogP contribution < -0.4 is 10.0 Å². The van der Waals surface area contributed by atoms with Crippen LogP contribution in [-0.2, 0) is 10.0 Å². The van der Waals surface area contributed by atoms with Gasteiger partial charge >= 0.3 is 0 Å². The minimum absolute atomic E-state index is 0.00137. The van der Waals surface area contributed by atoms with Gasteiger partial charge in [0, 0.05) is 24.2 Å². The number of carbonyl (C=O) groups is 1. The van der Waals surface area contributed by atoms with Crippen LogP contribution >= 0.6 is 11.3 Å². The first-order valence-corrected chi connectivity index (χ1v) is 10.5. The summed E-state index contributed by atoms with van der Waals surface area (Å²) in [6.07, 6.45) is 1.76. The molecule has 0 unspecified atom stereocenters. The molecule has 4 rings (SSSR count). The Morgan fingerprint density at radius 1 is 1.30 bits per heavy atom. The number of aliphatic imine (C=N–C) groups is 2. The lowest BCUT2D eigenvalue weighted by Crippen LogP contribution is -2.33. The van der Waals surface area contributed by atoms with Crippen LogP contribution in [0, 0.1) is 6.92 Å². The van der Waals surface area contributed by atoms with E-state index in [9.17, 15) is 13.2 Å². The van der Waals surface area contributed by atoms with Gasteiger partial charge in [0.25, 0.3) is 5.91 Å². The number of carbonyl (C=O) groups excluding carboxylic acids is 1. The van der Waals surface area contributed by atoms with Crippen LogP contribution in [0.15, 0.2) is 39.1 Å². The van der Waals surface area contributed by atoms with E-state index in [1.165, 1.54) is 28.4 Å². The standard InChI is InChI=1S/C17H17N5O3S2/c1-10-13(14-15-19-7-8-22(15)9-20-16(14)26-10)17(23)21(2)11-3-5-12(6-4-11)27(18,24)25/h3-6,9H,7-8H2,1-2H3,(H2,18,24,25). The molecule has 0 radical (unpaired) electrons. The molecule has 3 heterocycles. The van der Waals surface area contributed by atoms with Gasteiger partial charge in [0.15, 0.2) is 0 Å². The number of sulfonamides is 1. The maximum absolute atomic E-state index is 13.2. The van der Waals surface area contributed by atoms with Crippen LogP contribution in [0.3, 0.4) is 0 Å². The smallest absolute Gasteiger partial charge is 0.259 e. The number of fused-ring (bicyclic) bond motifs is 3. The number of primary sulfonamides is 1. The molecule has 27 heavy (non-hydrogen) atoms. The van der Waals surface area contributed by atoms with E-state index < -0.39 is 10.0 Å². The Kier molecular flexibility index (Phi) is 4.13. The van der Waals surface area contributed by atoms with Crippen molar-refractivity contribution in [1.82, 2.24) is 4.90 Å². The number of benzene rings is 1. The predicted molar refractivity (Wildman–Crippen MR) is 106 cm³/mol. The Balaban J connectivity index is 1.72. The minimum Gasteiger partial charge on any atom is -0.315 e. The number of aryl methyl sites for hydroxylation is 1. The van der Waals surface area contributed by atoms with Crippen LogP contribution in [0.25, 0.3) is 0 Å². The van der Waals surface area contributed by atoms with Gasteiger partial charge < -0.3 is 9.80 Å². The number of amidine groups is 1. The molecule has 2 aliphatic heterocycles. The third-order valence-corrected chi connectivity index (χ3v) is 6.49. The summed E-state index contributed by atoms with van der Waals surface area (Å²) in [5, 5.41) is 5.91. The molecule has 2 aliphatic rings. The predicted octanol–water partition coefficient (Wildman–Crippen LogP) is 1.72. The summed E-state index contributed by atoms with van der Waals surface area (Å²) in [5.74, 6) is 0.589. The van der Waals surface area contributed by atoms with E-state index in [0.717, 1.165) is 27.8 Å². The number of nitrogens with zero attached hydrogens (tertiary/aromatic N) is 4. The van der Waals surface area contributed by atoms with Gasteiger partial charge in [0.2, 0.25) is 10.0 Å². The second-order valence-corrected chi connectivity index (χ2v) is 9.02. The monoisotopic (exact) mass is 403 g/mol. The van der Waals surface area contributed by atoms with Crippen LogP contribution in [0.5, 0.6) is 0 Å². The van der Waals surface area contributed by atoms with Gasteiger partial charge in [-0.3, -0.25) is 9.79 Å². The number of hydrogen-bond acceptors (Lipinski definition) is 7. The summed E-state index contributed by atoms with van der Waals surface area (Å²) in [6, 6.07) is 5.89. The molecular formula is C17H17N5O3S2. The zero-order chi connectivity index (χ0) is 19.3. The molecule has 1 aromatic carbocycles. The first-order chi connectivity index (χ1) is 12.8. The van der Waals surface area contributed by atoms with Crippen molar-refractivity contribution in [1.29, 1.82) is 0 Å². The van der Waals surface area contributed by atoms with E-state index >= 15 is 0 Å². The van der Waals surface area contributed by atoms with Gasteiger partial charge in [-0.05, 0) is 31.2 Å². The van der Waals surface area contributed by atoms with E-state index in [0.29, 0.717) is 17.8 Å². The zero-order valence-electron chi connectivity index (χ0n) is 14.7. The number of amides is 1. The van der Waals surface area contributed by atoms with Gasteiger partial charge in [-0.15, -0.1) is 11.3 Å². The van der Waals surface area contributed by atoms with E-state index in [1.54, 1.807) is 25.5 Å². The first kappa shape index (κ1) is 17.8. The van der Waals surface area contributed by atoms with Gasteiger partial charge in [0.1, 0.15) is 10.8 Å². The fraction of sp³-hybridized carbons (Fsp3) is 0.235. The van der Waals surface area contributed by atoms with E-state index in [1.807, 2.05) is 11.8 Å². The Morgan fingerprint density at radius 2 is 2.00 bits per heavy atom. The fourth-order valence-electron chi connectivity index (χ4n) is 3.15. The third kappa shape index (κ3) is 2.95. The lowest BCUT2D eigenvalue weighted by atomic mass is 10.1. The van der Waals surface area contributed by atoms with Crippen LogP contribution in [-0.4, -0.2) is 51.5 Å². The highest BCUT2D eigenvalue weighted by molar-refractivity contribution is 7.89. The van der Waals surface area contributed by atoms with Gasteiger partial charge in [-0.1, -0.05) is 0 Å². The Bertz CT molecular complexity index is 1100. The average Bonchev–Trinajstić information content (AvgIpc) is 3.22. The second kappa shape index (κ2) is 6.25. The largest absolute Gasteiger partial charge is 0.315 e. The summed E-state index contributed by atoms with van der Waals surface area (Å²) in [5.41, 5.74) is 1.92. The highest BCUT2D eigenvalue weighted by Crippen LogP contribution is 2.39. The van der Waals surface area contributed by atoms with E-state index in [4.69, 9.17) is 5.14 Å². The van der Waals surface area contributed by atoms with E-state index in [2.05, 4.69) is 9.98 Å².